The summed E-state index contributed by atoms with van der Waals surface area (Å²) in [6.45, 7) is 0.940. The third kappa shape index (κ3) is 6.82. The maximum absolute atomic E-state index is 11.9. The Balaban J connectivity index is 2.67. The summed E-state index contributed by atoms with van der Waals surface area (Å²) in [6, 6.07) is 6.01. The van der Waals surface area contributed by atoms with Crippen LogP contribution in [0, 0.1) is 6.92 Å². The number of phosphoric ester groups is 1. The second-order valence-corrected chi connectivity index (χ2v) is 8.95. The first-order chi connectivity index (χ1) is 9.41. The van der Waals surface area contributed by atoms with Gasteiger partial charge in [-0.15, -0.1) is 0 Å². The van der Waals surface area contributed by atoms with Gasteiger partial charge in [0.25, 0.3) is 0 Å². The lowest BCUT2D eigenvalue weighted by Gasteiger charge is -2.12. The van der Waals surface area contributed by atoms with E-state index in [1.807, 2.05) is 0 Å². The van der Waals surface area contributed by atoms with E-state index in [0.717, 1.165) is 5.56 Å². The minimum atomic E-state index is -5.22. The van der Waals surface area contributed by atoms with Gasteiger partial charge in [0.1, 0.15) is 0 Å². The molecule has 3 N–H and O–H groups in total. The van der Waals surface area contributed by atoms with Gasteiger partial charge in [0.15, 0.2) is 9.84 Å². The van der Waals surface area contributed by atoms with Crippen LogP contribution in [0.1, 0.15) is 5.56 Å². The van der Waals surface area contributed by atoms with E-state index in [4.69, 9.17) is 14.7 Å². The number of benzene rings is 1. The molecule has 0 radical (unpaired) electrons. The van der Waals surface area contributed by atoms with Crippen LogP contribution in [0.4, 0.5) is 0 Å². The highest BCUT2D eigenvalue weighted by Gasteiger charge is 2.32. The molecule has 0 amide bonds. The van der Waals surface area contributed by atoms with Crippen LogP contribution in [0.3, 0.4) is 0 Å². The zero-order chi connectivity index (χ0) is 16.3. The van der Waals surface area contributed by atoms with E-state index < -0.39 is 37.8 Å². The summed E-state index contributed by atoms with van der Waals surface area (Å²) >= 11 is 0. The van der Waals surface area contributed by atoms with E-state index in [0.29, 0.717) is 0 Å². The van der Waals surface area contributed by atoms with Gasteiger partial charge in [-0.05, 0) is 24.6 Å². The predicted octanol–water partition coefficient (Wildman–Crippen LogP) is 0.995. The zero-order valence-corrected chi connectivity index (χ0v) is 13.4. The second-order valence-electron chi connectivity index (χ2n) is 4.01. The van der Waals surface area contributed by atoms with Gasteiger partial charge < -0.3 is 14.7 Å². The first-order valence-electron chi connectivity index (χ1n) is 5.45. The smallest absolute Gasteiger partial charge is 0.302 e. The molecule has 0 saturated carbocycles. The monoisotopic (exact) mass is 360 g/mol. The summed E-state index contributed by atoms with van der Waals surface area (Å²) in [5, 5.41) is 0. The number of aryl methyl sites for hydroxylation is 1. The molecule has 9 nitrogen and oxygen atoms in total. The Hall–Kier alpha value is -0.570. The van der Waals surface area contributed by atoms with Crippen LogP contribution in [0.15, 0.2) is 29.2 Å². The molecular weight excluding hydrogens is 346 g/mol. The van der Waals surface area contributed by atoms with Crippen molar-refractivity contribution in [1.29, 1.82) is 0 Å². The summed E-state index contributed by atoms with van der Waals surface area (Å²) in [4.78, 5) is 25.8. The van der Waals surface area contributed by atoms with Crippen LogP contribution >= 0.6 is 15.6 Å². The van der Waals surface area contributed by atoms with Crippen molar-refractivity contribution in [3.63, 3.8) is 0 Å². The van der Waals surface area contributed by atoms with Crippen LogP contribution in [0.2, 0.25) is 0 Å². The molecule has 0 fully saturated rings. The standard InChI is InChI=1S/C9H14O9P2S/c1-8-3-2-4-9(7-8)21(15,16)6-5-17-20(13,14)18-19(10,11)12/h2-4,7H,5-6H2,1H3,(H,13,14)(H2,10,11,12). The minimum Gasteiger partial charge on any atom is -0.302 e. The van der Waals surface area contributed by atoms with E-state index in [2.05, 4.69) is 8.83 Å². The van der Waals surface area contributed by atoms with Crippen LogP contribution in [-0.2, 0) is 27.8 Å². The average molecular weight is 360 g/mol. The Labute approximate surface area is 121 Å². The fourth-order valence-corrected chi connectivity index (χ4v) is 4.25. The molecule has 0 bridgehead atoms. The first-order valence-corrected chi connectivity index (χ1v) is 10.1. The van der Waals surface area contributed by atoms with Crippen molar-refractivity contribution in [2.45, 2.75) is 11.8 Å². The molecule has 0 saturated heterocycles. The van der Waals surface area contributed by atoms with Crippen molar-refractivity contribution in [3.05, 3.63) is 29.8 Å². The van der Waals surface area contributed by atoms with E-state index in [1.54, 1.807) is 13.0 Å². The fourth-order valence-electron chi connectivity index (χ4n) is 1.35. The molecule has 1 aromatic carbocycles. The molecule has 0 spiro atoms. The molecule has 120 valence electrons. The van der Waals surface area contributed by atoms with Crippen molar-refractivity contribution < 1.29 is 41.1 Å². The fraction of sp³-hybridized carbons (Fsp3) is 0.333. The molecular formula is C9H14O9P2S. The molecule has 12 heteroatoms. The maximum Gasteiger partial charge on any atom is 0.481 e. The molecule has 0 aliphatic carbocycles. The lowest BCUT2D eigenvalue weighted by molar-refractivity contribution is 0.185. The number of hydrogen-bond donors (Lipinski definition) is 3. The van der Waals surface area contributed by atoms with Gasteiger partial charge in [0.05, 0.1) is 17.3 Å². The first kappa shape index (κ1) is 18.5. The molecule has 1 rings (SSSR count). The van der Waals surface area contributed by atoms with Crippen molar-refractivity contribution in [1.82, 2.24) is 0 Å². The van der Waals surface area contributed by atoms with Crippen LogP contribution in [0.5, 0.6) is 0 Å². The van der Waals surface area contributed by atoms with E-state index in [9.17, 15) is 17.5 Å². The molecule has 21 heavy (non-hydrogen) atoms. The predicted molar refractivity (Wildman–Crippen MR) is 72.1 cm³/mol. The highest BCUT2D eigenvalue weighted by atomic mass is 32.2. The van der Waals surface area contributed by atoms with Crippen molar-refractivity contribution in [2.24, 2.45) is 0 Å². The second kappa shape index (κ2) is 6.68. The molecule has 0 heterocycles. The molecule has 1 unspecified atom stereocenters. The van der Waals surface area contributed by atoms with Crippen molar-refractivity contribution in [3.8, 4) is 0 Å². The minimum absolute atomic E-state index is 0.00905. The number of sulfone groups is 1. The van der Waals surface area contributed by atoms with Gasteiger partial charge in [-0.2, -0.15) is 4.31 Å². The van der Waals surface area contributed by atoms with Gasteiger partial charge >= 0.3 is 15.6 Å². The lowest BCUT2D eigenvalue weighted by atomic mass is 10.2. The number of rotatable bonds is 7. The van der Waals surface area contributed by atoms with Crippen molar-refractivity contribution in [2.75, 3.05) is 12.4 Å². The van der Waals surface area contributed by atoms with Gasteiger partial charge in [-0.25, -0.2) is 17.5 Å². The molecule has 0 aliphatic heterocycles. The molecule has 1 aromatic rings. The van der Waals surface area contributed by atoms with Crippen LogP contribution < -0.4 is 0 Å². The Morgan fingerprint density at radius 3 is 2.33 bits per heavy atom. The largest absolute Gasteiger partial charge is 0.481 e. The van der Waals surface area contributed by atoms with E-state index in [-0.39, 0.29) is 4.90 Å². The summed E-state index contributed by atoms with van der Waals surface area (Å²) in [7, 11) is -14.0. The Morgan fingerprint density at radius 1 is 1.19 bits per heavy atom. The third-order valence-electron chi connectivity index (χ3n) is 2.16. The Morgan fingerprint density at radius 2 is 1.81 bits per heavy atom. The average Bonchev–Trinajstić information content (AvgIpc) is 2.24. The highest BCUT2D eigenvalue weighted by molar-refractivity contribution is 7.91. The van der Waals surface area contributed by atoms with E-state index in [1.165, 1.54) is 18.2 Å². The van der Waals surface area contributed by atoms with Gasteiger partial charge in [-0.1, -0.05) is 12.1 Å². The zero-order valence-electron chi connectivity index (χ0n) is 10.8. The summed E-state index contributed by atoms with van der Waals surface area (Å²) in [5.74, 6) is -0.647. The Kier molecular flexibility index (Phi) is 5.88. The summed E-state index contributed by atoms with van der Waals surface area (Å²) in [5.41, 5.74) is 0.717. The van der Waals surface area contributed by atoms with Gasteiger partial charge in [0.2, 0.25) is 0 Å². The SMILES string of the molecule is Cc1cccc(S(=O)(=O)CCOP(=O)(O)OP(=O)(O)O)c1. The topological polar surface area (TPSA) is 147 Å². The normalized spacial score (nSPS) is 15.6. The summed E-state index contributed by atoms with van der Waals surface area (Å²) in [6.07, 6.45) is 0. The number of phosphoric acid groups is 2. The lowest BCUT2D eigenvalue weighted by Crippen LogP contribution is -2.12. The van der Waals surface area contributed by atoms with Gasteiger partial charge in [-0.3, -0.25) is 4.52 Å². The quantitative estimate of drug-likeness (QED) is 0.605. The number of hydrogen-bond acceptors (Lipinski definition) is 6. The van der Waals surface area contributed by atoms with Crippen LogP contribution in [-0.4, -0.2) is 35.5 Å². The molecule has 0 aromatic heterocycles. The van der Waals surface area contributed by atoms with Gasteiger partial charge in [0, 0.05) is 0 Å². The van der Waals surface area contributed by atoms with Crippen molar-refractivity contribution >= 4 is 25.5 Å². The summed E-state index contributed by atoms with van der Waals surface area (Å²) < 4.78 is 53.1. The van der Waals surface area contributed by atoms with E-state index >= 15 is 0 Å². The third-order valence-corrected chi connectivity index (χ3v) is 6.03. The Bertz CT molecular complexity index is 693. The molecule has 0 aliphatic rings. The highest BCUT2D eigenvalue weighted by Crippen LogP contribution is 2.57. The molecule has 1 atom stereocenters. The van der Waals surface area contributed by atoms with Crippen LogP contribution in [0.25, 0.3) is 0 Å². The maximum atomic E-state index is 11.9.